The van der Waals surface area contributed by atoms with Crippen LogP contribution in [0.5, 0.6) is 0 Å². The van der Waals surface area contributed by atoms with Crippen LogP contribution in [0, 0.1) is 0 Å². The van der Waals surface area contributed by atoms with Crippen molar-refractivity contribution in [1.29, 1.82) is 0 Å². The van der Waals surface area contributed by atoms with Crippen molar-refractivity contribution < 1.29 is 53.2 Å². The largest absolute Gasteiger partial charge is 0.460 e. The number of aliphatic hydroxyl groups is 2. The van der Waals surface area contributed by atoms with Gasteiger partial charge < -0.3 is 52.0 Å². The normalized spacial score (nSPS) is 13.1. The van der Waals surface area contributed by atoms with Crippen LogP contribution in [-0.4, -0.2) is 109 Å². The number of nitrogens with one attached hydrogen (secondary N) is 5. The summed E-state index contributed by atoms with van der Waals surface area (Å²) >= 11 is 0. The summed E-state index contributed by atoms with van der Waals surface area (Å²) in [6.45, 7) is 3.01. The van der Waals surface area contributed by atoms with Crippen molar-refractivity contribution in [2.24, 2.45) is 5.73 Å². The molecule has 6 rings (SSSR count). The number of carbonyl (C=O) groups excluding carboxylic acids is 7. The van der Waals surface area contributed by atoms with E-state index in [1.807, 2.05) is 147 Å². The second-order valence-electron chi connectivity index (χ2n) is 17.8. The molecule has 6 aromatic carbocycles. The average Bonchev–Trinajstić information content (AvgIpc) is 3.42. The zero-order valence-electron chi connectivity index (χ0n) is 42.5. The summed E-state index contributed by atoms with van der Waals surface area (Å²) < 4.78 is 10.3. The van der Waals surface area contributed by atoms with Gasteiger partial charge >= 0.3 is 11.9 Å². The van der Waals surface area contributed by atoms with Crippen LogP contribution in [0.2, 0.25) is 0 Å². The summed E-state index contributed by atoms with van der Waals surface area (Å²) in [5.74, 6) is -4.85. The van der Waals surface area contributed by atoms with Crippen LogP contribution in [-0.2, 0) is 64.3 Å². The molecule has 9 N–H and O–H groups in total. The number of hydrogen-bond donors (Lipinski definition) is 8. The molecule has 0 fully saturated rings. The highest BCUT2D eigenvalue weighted by molar-refractivity contribution is 6.57. The summed E-state index contributed by atoms with van der Waals surface area (Å²) in [6.07, 6.45) is -0.927. The SMILES string of the molecule is CCCC(NC(=O)[C@@H](N)Cc1cccc2ccccc12)C(O)C(=O)NCC(=O)OCc1ccccc1.Cl.[B]C(=O)N[C@@H](Cc1cccc2ccccc12)C(=O)NC(CCC)C(O)C(=O)NCC(=O)OCc1ccccc1. The molecule has 76 heavy (non-hydrogen) atoms. The van der Waals surface area contributed by atoms with E-state index >= 15 is 0 Å². The predicted molar refractivity (Wildman–Crippen MR) is 293 cm³/mol. The van der Waals surface area contributed by atoms with Crippen LogP contribution in [0.3, 0.4) is 0 Å². The number of ether oxygens (including phenoxy) is 2. The minimum Gasteiger partial charge on any atom is -0.460 e. The van der Waals surface area contributed by atoms with E-state index < -0.39 is 90.8 Å². The molecule has 0 saturated heterocycles. The maximum Gasteiger partial charge on any atom is 0.325 e. The molecule has 4 unspecified atom stereocenters. The standard InChI is InChI=1S/C29H32BN3O6.C28H33N3O5.ClH/c1-2-9-23(26(35)28(37)31-17-25(34)39-18-19-10-4-3-5-11-19)32-27(36)24(33-29(30)38)16-21-14-8-13-20-12-6-7-15-22(20)21;1-2-9-24(26(33)28(35)30-17-25(32)36-18-19-10-4-3-5-11-19)31-27(34)23(29)16-21-14-8-13-20-12-6-7-15-22(20)21;/h3-8,10-15,23-24,26,35H,2,9,16-18H2,1H3,(H,31,37)(H,32,36)(H,33,38);3-8,10-15,23-24,26,33H,2,9,16-18,29H2,1H3,(H,30,35)(H,31,34);1H/t23?,24-,26?;23-,24?,26?;/m00./s1. The molecule has 2 radical (unpaired) electrons. The van der Waals surface area contributed by atoms with Gasteiger partial charge in [-0.25, -0.2) is 0 Å². The molecule has 0 saturated carbocycles. The monoisotopic (exact) mass is 1060 g/mol. The number of benzene rings is 6. The van der Waals surface area contributed by atoms with Gasteiger partial charge in [-0.05, 0) is 63.1 Å². The Balaban J connectivity index is 0.000000325. The first kappa shape index (κ1) is 60.9. The first-order valence-electron chi connectivity index (χ1n) is 24.8. The summed E-state index contributed by atoms with van der Waals surface area (Å²) in [4.78, 5) is 86.8. The lowest BCUT2D eigenvalue weighted by Crippen LogP contribution is -2.56. The third-order valence-electron chi connectivity index (χ3n) is 12.0. The van der Waals surface area contributed by atoms with Gasteiger partial charge in [0.1, 0.15) is 32.3 Å². The minimum absolute atomic E-state index is 0. The molecule has 6 aromatic rings. The highest BCUT2D eigenvalue weighted by Crippen LogP contribution is 2.22. The molecule has 17 nitrogen and oxygen atoms in total. The van der Waals surface area contributed by atoms with Crippen LogP contribution in [0.25, 0.3) is 21.5 Å². The Morgan fingerprint density at radius 1 is 0.513 bits per heavy atom. The lowest BCUT2D eigenvalue weighted by atomic mass is 9.96. The van der Waals surface area contributed by atoms with E-state index in [9.17, 15) is 43.8 Å². The molecular formula is C57H66BClN6O11. The molecule has 0 heterocycles. The lowest BCUT2D eigenvalue weighted by molar-refractivity contribution is -0.146. The van der Waals surface area contributed by atoms with Crippen molar-refractivity contribution in [1.82, 2.24) is 26.6 Å². The Morgan fingerprint density at radius 3 is 1.34 bits per heavy atom. The fourth-order valence-corrected chi connectivity index (χ4v) is 8.16. The van der Waals surface area contributed by atoms with E-state index in [0.29, 0.717) is 25.7 Å². The van der Waals surface area contributed by atoms with Gasteiger partial charge in [0, 0.05) is 6.42 Å². The Kier molecular flexibility index (Phi) is 25.6. The minimum atomic E-state index is -1.64. The van der Waals surface area contributed by atoms with Crippen LogP contribution in [0.1, 0.15) is 61.8 Å². The molecule has 0 aliphatic heterocycles. The number of halogens is 1. The third kappa shape index (κ3) is 19.6. The Bertz CT molecular complexity index is 2840. The van der Waals surface area contributed by atoms with E-state index in [0.717, 1.165) is 43.8 Å². The Morgan fingerprint density at radius 2 is 0.908 bits per heavy atom. The van der Waals surface area contributed by atoms with E-state index in [4.69, 9.17) is 23.1 Å². The molecule has 6 atom stereocenters. The van der Waals surface area contributed by atoms with E-state index in [1.165, 1.54) is 0 Å². The maximum atomic E-state index is 13.2. The van der Waals surface area contributed by atoms with Crippen molar-refractivity contribution in [2.45, 2.75) is 102 Å². The summed E-state index contributed by atoms with van der Waals surface area (Å²) in [7, 11) is 5.34. The summed E-state index contributed by atoms with van der Waals surface area (Å²) in [6, 6.07) is 41.5. The smallest absolute Gasteiger partial charge is 0.325 e. The second-order valence-corrected chi connectivity index (χ2v) is 17.8. The van der Waals surface area contributed by atoms with Crippen LogP contribution in [0.15, 0.2) is 146 Å². The van der Waals surface area contributed by atoms with E-state index in [1.54, 1.807) is 12.1 Å². The number of nitrogens with two attached hydrogens (primary N) is 1. The van der Waals surface area contributed by atoms with Crippen LogP contribution < -0.4 is 32.3 Å². The fraction of sp³-hybridized carbons (Fsp3) is 0.316. The first-order valence-corrected chi connectivity index (χ1v) is 24.8. The second kappa shape index (κ2) is 32.0. The van der Waals surface area contributed by atoms with E-state index in [2.05, 4.69) is 26.6 Å². The van der Waals surface area contributed by atoms with Gasteiger partial charge in [-0.15, -0.1) is 12.4 Å². The molecule has 0 aliphatic carbocycles. The van der Waals surface area contributed by atoms with Crippen molar-refractivity contribution in [3.05, 3.63) is 168 Å². The summed E-state index contributed by atoms with van der Waals surface area (Å²) in [5, 5.41) is 37.8. The van der Waals surface area contributed by atoms with Gasteiger partial charge in [-0.3, -0.25) is 33.6 Å². The zero-order valence-corrected chi connectivity index (χ0v) is 43.3. The number of fused-ring (bicyclic) bond motifs is 2. The highest BCUT2D eigenvalue weighted by Gasteiger charge is 2.31. The number of rotatable bonds is 25. The number of carbonyl (C=O) groups is 7. The molecule has 400 valence electrons. The number of aliphatic hydroxyl groups excluding tert-OH is 2. The van der Waals surface area contributed by atoms with Crippen LogP contribution in [0.4, 0.5) is 4.79 Å². The maximum absolute atomic E-state index is 13.2. The van der Waals surface area contributed by atoms with Crippen LogP contribution >= 0.6 is 12.4 Å². The fourth-order valence-electron chi connectivity index (χ4n) is 8.16. The summed E-state index contributed by atoms with van der Waals surface area (Å²) in [5.41, 5.74) is 9.56. The third-order valence-corrected chi connectivity index (χ3v) is 12.0. The van der Waals surface area contributed by atoms with Gasteiger partial charge in [-0.1, -0.05) is 172 Å². The van der Waals surface area contributed by atoms with Gasteiger partial charge in [0.2, 0.25) is 19.7 Å². The van der Waals surface area contributed by atoms with Gasteiger partial charge in [0.15, 0.2) is 18.0 Å². The molecular weight excluding hydrogens is 991 g/mol. The highest BCUT2D eigenvalue weighted by atomic mass is 35.5. The van der Waals surface area contributed by atoms with Crippen molar-refractivity contribution >= 4 is 83.2 Å². The van der Waals surface area contributed by atoms with E-state index in [-0.39, 0.29) is 38.5 Å². The van der Waals surface area contributed by atoms with Crippen molar-refractivity contribution in [3.8, 4) is 0 Å². The molecule has 0 bridgehead atoms. The molecule has 0 aromatic heterocycles. The van der Waals surface area contributed by atoms with Crippen molar-refractivity contribution in [3.63, 3.8) is 0 Å². The Labute approximate surface area is 449 Å². The van der Waals surface area contributed by atoms with Crippen molar-refractivity contribution in [2.75, 3.05) is 13.1 Å². The van der Waals surface area contributed by atoms with Gasteiger partial charge in [0.25, 0.3) is 11.8 Å². The Hall–Kier alpha value is -7.64. The lowest BCUT2D eigenvalue weighted by Gasteiger charge is -2.26. The number of amides is 5. The molecule has 0 aliphatic rings. The first-order chi connectivity index (χ1) is 36.2. The quantitative estimate of drug-likeness (QED) is 0.0285. The number of esters is 2. The zero-order chi connectivity index (χ0) is 54.1. The number of hydrogen-bond acceptors (Lipinski definition) is 12. The predicted octanol–water partition coefficient (Wildman–Crippen LogP) is 4.77. The molecule has 19 heteroatoms. The van der Waals surface area contributed by atoms with Gasteiger partial charge in [-0.2, -0.15) is 0 Å². The average molecular weight is 1060 g/mol. The molecule has 0 spiro atoms. The van der Waals surface area contributed by atoms with Gasteiger partial charge in [0.05, 0.1) is 18.1 Å². The topological polar surface area (TPSA) is 265 Å². The molecule has 5 amide bonds.